The van der Waals surface area contributed by atoms with Crippen molar-refractivity contribution in [3.05, 3.63) is 29.3 Å². The van der Waals surface area contributed by atoms with Gasteiger partial charge >= 0.3 is 6.61 Å². The Morgan fingerprint density at radius 1 is 1.32 bits per heavy atom. The average Bonchev–Trinajstić information content (AvgIpc) is 2.38. The van der Waals surface area contributed by atoms with Gasteiger partial charge in [0.2, 0.25) is 0 Å². The van der Waals surface area contributed by atoms with Crippen molar-refractivity contribution in [2.45, 2.75) is 33.5 Å². The molecule has 1 amide bonds. The first kappa shape index (κ1) is 18.2. The monoisotopic (exact) mass is 323 g/mol. The summed E-state index contributed by atoms with van der Waals surface area (Å²) in [7, 11) is 0. The zero-order chi connectivity index (χ0) is 17.1. The Balaban J connectivity index is 2.93. The smallest absolute Gasteiger partial charge is 0.387 e. The fourth-order valence-electron chi connectivity index (χ4n) is 1.51. The number of hydrogen-bond donors (Lipinski definition) is 2. The Hall–Kier alpha value is -1.83. The molecule has 2 N–H and O–H groups in total. The quantitative estimate of drug-likeness (QED) is 0.819. The van der Waals surface area contributed by atoms with Gasteiger partial charge in [0.05, 0.1) is 6.10 Å². The van der Waals surface area contributed by atoms with Gasteiger partial charge in [-0.25, -0.2) is 8.78 Å². The van der Waals surface area contributed by atoms with Crippen molar-refractivity contribution >= 4 is 5.91 Å². The first-order valence-electron chi connectivity index (χ1n) is 6.43. The van der Waals surface area contributed by atoms with Crippen LogP contribution >= 0.6 is 0 Å². The van der Waals surface area contributed by atoms with Crippen LogP contribution in [0.3, 0.4) is 0 Å². The third-order valence-corrected chi connectivity index (χ3v) is 2.95. The Bertz CT molecular complexity index is 544. The molecular weight excluding hydrogens is 306 g/mol. The minimum atomic E-state index is -3.31. The van der Waals surface area contributed by atoms with Crippen LogP contribution in [-0.2, 0) is 0 Å². The number of nitrogens with one attached hydrogen (secondary N) is 1. The van der Waals surface area contributed by atoms with E-state index >= 15 is 0 Å². The van der Waals surface area contributed by atoms with Crippen molar-refractivity contribution in [1.82, 2.24) is 5.32 Å². The highest BCUT2D eigenvalue weighted by Crippen LogP contribution is 2.25. The largest absolute Gasteiger partial charge is 0.432 e. The average molecular weight is 323 g/mol. The number of halogens is 4. The minimum Gasteiger partial charge on any atom is -0.432 e. The molecule has 1 aromatic carbocycles. The second kappa shape index (κ2) is 6.95. The normalized spacial score (nSPS) is 13.1. The topological polar surface area (TPSA) is 58.6 Å². The molecule has 0 radical (unpaired) electrons. The number of amides is 1. The molecule has 0 aliphatic heterocycles. The molecule has 0 fully saturated rings. The van der Waals surface area contributed by atoms with E-state index in [9.17, 15) is 27.5 Å². The molecule has 4 nitrogen and oxygen atoms in total. The molecule has 1 aromatic rings. The van der Waals surface area contributed by atoms with Gasteiger partial charge in [-0.05, 0) is 17.5 Å². The molecule has 1 rings (SSSR count). The summed E-state index contributed by atoms with van der Waals surface area (Å²) in [5, 5.41) is 11.9. The van der Waals surface area contributed by atoms with Crippen molar-refractivity contribution in [3.63, 3.8) is 0 Å². The Morgan fingerprint density at radius 2 is 1.91 bits per heavy atom. The molecule has 0 saturated carbocycles. The number of hydrogen-bond acceptors (Lipinski definition) is 3. The highest BCUT2D eigenvalue weighted by molar-refractivity contribution is 5.95. The second-order valence-electron chi connectivity index (χ2n) is 5.70. The Kier molecular flexibility index (Phi) is 5.76. The molecule has 1 atom stereocenters. The fourth-order valence-corrected chi connectivity index (χ4v) is 1.51. The summed E-state index contributed by atoms with van der Waals surface area (Å²) >= 11 is 0. The number of carbonyl (C=O) groups is 1. The van der Waals surface area contributed by atoms with E-state index in [1.165, 1.54) is 0 Å². The Morgan fingerprint density at radius 3 is 2.41 bits per heavy atom. The second-order valence-corrected chi connectivity index (χ2v) is 5.70. The van der Waals surface area contributed by atoms with Gasteiger partial charge < -0.3 is 15.2 Å². The molecule has 0 saturated heterocycles. The molecule has 22 heavy (non-hydrogen) atoms. The molecule has 0 aliphatic carbocycles. The summed E-state index contributed by atoms with van der Waals surface area (Å²) in [5.41, 5.74) is -1.59. The number of alkyl halides is 2. The summed E-state index contributed by atoms with van der Waals surface area (Å²) in [6.45, 7) is 1.58. The molecule has 1 unspecified atom stereocenters. The standard InChI is InChI=1S/C14H17F4NO3/c1-14(2,3)9(20)6-19-12(21)10-7(15)4-5-8(11(10)16)22-13(17)18/h4-5,9,13,20H,6H2,1-3H3,(H,19,21). The van der Waals surface area contributed by atoms with E-state index in [1.54, 1.807) is 20.8 Å². The van der Waals surface area contributed by atoms with Crippen LogP contribution in [0.4, 0.5) is 17.6 Å². The maximum Gasteiger partial charge on any atom is 0.387 e. The maximum absolute atomic E-state index is 13.9. The van der Waals surface area contributed by atoms with E-state index in [4.69, 9.17) is 0 Å². The maximum atomic E-state index is 13.9. The van der Waals surface area contributed by atoms with Gasteiger partial charge in [-0.15, -0.1) is 0 Å². The van der Waals surface area contributed by atoms with Crippen LogP contribution in [0.25, 0.3) is 0 Å². The minimum absolute atomic E-state index is 0.249. The van der Waals surface area contributed by atoms with Crippen LogP contribution in [0.15, 0.2) is 12.1 Å². The highest BCUT2D eigenvalue weighted by Gasteiger charge is 2.26. The van der Waals surface area contributed by atoms with E-state index in [2.05, 4.69) is 10.1 Å². The zero-order valence-electron chi connectivity index (χ0n) is 12.3. The summed E-state index contributed by atoms with van der Waals surface area (Å²) in [5.74, 6) is -4.85. The Labute approximate surface area is 125 Å². The summed E-state index contributed by atoms with van der Waals surface area (Å²) in [6, 6.07) is 1.31. The van der Waals surface area contributed by atoms with Crippen molar-refractivity contribution in [2.24, 2.45) is 5.41 Å². The fraction of sp³-hybridized carbons (Fsp3) is 0.500. The lowest BCUT2D eigenvalue weighted by Gasteiger charge is -2.26. The number of aliphatic hydroxyl groups excluding tert-OH is 1. The van der Waals surface area contributed by atoms with Crippen molar-refractivity contribution in [1.29, 1.82) is 0 Å². The van der Waals surface area contributed by atoms with Crippen molar-refractivity contribution in [3.8, 4) is 5.75 Å². The van der Waals surface area contributed by atoms with E-state index in [1.807, 2.05) is 0 Å². The van der Waals surface area contributed by atoms with Gasteiger partial charge in [-0.3, -0.25) is 4.79 Å². The molecular formula is C14H17F4NO3. The lowest BCUT2D eigenvalue weighted by Crippen LogP contribution is -2.39. The lowest BCUT2D eigenvalue weighted by atomic mass is 9.89. The van der Waals surface area contributed by atoms with Crippen molar-refractivity contribution < 1.29 is 32.2 Å². The van der Waals surface area contributed by atoms with Crippen LogP contribution in [-0.4, -0.2) is 30.3 Å². The van der Waals surface area contributed by atoms with Crippen LogP contribution in [0.1, 0.15) is 31.1 Å². The number of rotatable bonds is 5. The predicted octanol–water partition coefficient (Wildman–Crippen LogP) is 2.70. The summed E-state index contributed by atoms with van der Waals surface area (Å²) in [6.07, 6.45) is -0.955. The van der Waals surface area contributed by atoms with E-state index < -0.39 is 47.0 Å². The zero-order valence-corrected chi connectivity index (χ0v) is 12.3. The lowest BCUT2D eigenvalue weighted by molar-refractivity contribution is -0.0523. The van der Waals surface area contributed by atoms with Crippen LogP contribution < -0.4 is 10.1 Å². The molecule has 124 valence electrons. The SMILES string of the molecule is CC(C)(C)C(O)CNC(=O)c1c(F)ccc(OC(F)F)c1F. The third kappa shape index (κ3) is 4.59. The van der Waals surface area contributed by atoms with E-state index in [0.717, 1.165) is 0 Å². The first-order valence-corrected chi connectivity index (χ1v) is 6.43. The van der Waals surface area contributed by atoms with Gasteiger partial charge in [-0.1, -0.05) is 20.8 Å². The molecule has 0 aliphatic rings. The third-order valence-electron chi connectivity index (χ3n) is 2.95. The molecule has 0 heterocycles. The number of aliphatic hydroxyl groups is 1. The molecule has 0 bridgehead atoms. The van der Waals surface area contributed by atoms with Crippen LogP contribution in [0, 0.1) is 17.0 Å². The van der Waals surface area contributed by atoms with Gasteiger partial charge in [0.25, 0.3) is 5.91 Å². The van der Waals surface area contributed by atoms with Crippen LogP contribution in [0.2, 0.25) is 0 Å². The van der Waals surface area contributed by atoms with Crippen LogP contribution in [0.5, 0.6) is 5.75 Å². The van der Waals surface area contributed by atoms with Gasteiger partial charge in [0.1, 0.15) is 11.4 Å². The highest BCUT2D eigenvalue weighted by atomic mass is 19.3. The van der Waals surface area contributed by atoms with Gasteiger partial charge in [0, 0.05) is 6.54 Å². The number of benzene rings is 1. The van der Waals surface area contributed by atoms with E-state index in [-0.39, 0.29) is 6.54 Å². The molecule has 0 spiro atoms. The van der Waals surface area contributed by atoms with Crippen molar-refractivity contribution in [2.75, 3.05) is 6.54 Å². The molecule has 8 heteroatoms. The van der Waals surface area contributed by atoms with Gasteiger partial charge in [-0.2, -0.15) is 8.78 Å². The number of ether oxygens (including phenoxy) is 1. The van der Waals surface area contributed by atoms with Gasteiger partial charge in [0.15, 0.2) is 11.6 Å². The van der Waals surface area contributed by atoms with E-state index in [0.29, 0.717) is 12.1 Å². The molecule has 0 aromatic heterocycles. The summed E-state index contributed by atoms with van der Waals surface area (Å²) in [4.78, 5) is 11.8. The summed E-state index contributed by atoms with van der Waals surface area (Å²) < 4.78 is 55.5. The number of carbonyl (C=O) groups excluding carboxylic acids is 1. The first-order chi connectivity index (χ1) is 10.0. The predicted molar refractivity (Wildman–Crippen MR) is 70.8 cm³/mol.